The van der Waals surface area contributed by atoms with Crippen LogP contribution in [-0.2, 0) is 0 Å². The molecular formula is C10H14O2S. The molecule has 0 aliphatic carbocycles. The summed E-state index contributed by atoms with van der Waals surface area (Å²) in [4.78, 5) is 0.856. The third kappa shape index (κ3) is 3.19. The second-order valence-corrected chi connectivity index (χ2v) is 3.05. The van der Waals surface area contributed by atoms with E-state index in [9.17, 15) is 0 Å². The van der Waals surface area contributed by atoms with Gasteiger partial charge in [0.05, 0.1) is 13.2 Å². The van der Waals surface area contributed by atoms with Crippen molar-refractivity contribution >= 4 is 12.6 Å². The minimum atomic E-state index is 0.656. The molecule has 1 aromatic rings. The minimum absolute atomic E-state index is 0.656. The van der Waals surface area contributed by atoms with E-state index < -0.39 is 0 Å². The number of benzene rings is 1. The van der Waals surface area contributed by atoms with Crippen LogP contribution in [0.3, 0.4) is 0 Å². The molecule has 0 bridgehead atoms. The van der Waals surface area contributed by atoms with Crippen molar-refractivity contribution in [2.24, 2.45) is 0 Å². The number of thiol groups is 1. The zero-order valence-corrected chi connectivity index (χ0v) is 8.80. The van der Waals surface area contributed by atoms with E-state index in [0.29, 0.717) is 13.2 Å². The number of hydrogen-bond acceptors (Lipinski definition) is 3. The van der Waals surface area contributed by atoms with Gasteiger partial charge in [0.2, 0.25) is 0 Å². The Morgan fingerprint density at radius 2 is 1.46 bits per heavy atom. The van der Waals surface area contributed by atoms with E-state index >= 15 is 0 Å². The highest BCUT2D eigenvalue weighted by molar-refractivity contribution is 7.80. The van der Waals surface area contributed by atoms with E-state index in [4.69, 9.17) is 9.47 Å². The average Bonchev–Trinajstić information content (AvgIpc) is 2.04. The highest BCUT2D eigenvalue weighted by Gasteiger charge is 1.99. The molecule has 0 saturated carbocycles. The van der Waals surface area contributed by atoms with Crippen molar-refractivity contribution < 1.29 is 9.47 Å². The molecule has 2 nitrogen and oxygen atoms in total. The molecule has 3 heteroatoms. The zero-order chi connectivity index (χ0) is 9.68. The topological polar surface area (TPSA) is 18.5 Å². The van der Waals surface area contributed by atoms with E-state index in [1.165, 1.54) is 0 Å². The fourth-order valence-corrected chi connectivity index (χ4v) is 1.31. The lowest BCUT2D eigenvalue weighted by molar-refractivity contribution is 0.321. The van der Waals surface area contributed by atoms with Gasteiger partial charge >= 0.3 is 0 Å². The van der Waals surface area contributed by atoms with Crippen LogP contribution in [0.4, 0.5) is 0 Å². The van der Waals surface area contributed by atoms with E-state index in [1.807, 2.05) is 32.0 Å². The normalized spacial score (nSPS) is 9.77. The first-order valence-corrected chi connectivity index (χ1v) is 4.80. The van der Waals surface area contributed by atoms with Gasteiger partial charge in [-0.25, -0.2) is 0 Å². The van der Waals surface area contributed by atoms with E-state index in [0.717, 1.165) is 16.4 Å². The van der Waals surface area contributed by atoms with Gasteiger partial charge in [-0.2, -0.15) is 0 Å². The molecule has 0 radical (unpaired) electrons. The average molecular weight is 198 g/mol. The summed E-state index contributed by atoms with van der Waals surface area (Å²) in [5, 5.41) is 0. The summed E-state index contributed by atoms with van der Waals surface area (Å²) >= 11 is 4.25. The second-order valence-electron chi connectivity index (χ2n) is 2.53. The molecule has 13 heavy (non-hydrogen) atoms. The molecule has 0 aromatic heterocycles. The zero-order valence-electron chi connectivity index (χ0n) is 7.91. The van der Waals surface area contributed by atoms with Crippen molar-refractivity contribution in [3.63, 3.8) is 0 Å². The summed E-state index contributed by atoms with van der Waals surface area (Å²) in [6.45, 7) is 5.21. The van der Waals surface area contributed by atoms with Crippen molar-refractivity contribution in [2.75, 3.05) is 13.2 Å². The highest BCUT2D eigenvalue weighted by atomic mass is 32.1. The molecule has 0 heterocycles. The van der Waals surface area contributed by atoms with Gasteiger partial charge in [-0.15, -0.1) is 12.6 Å². The Labute approximate surface area is 84.3 Å². The van der Waals surface area contributed by atoms with Crippen LogP contribution in [0.25, 0.3) is 0 Å². The molecule has 0 aliphatic rings. The third-order valence-corrected chi connectivity index (χ3v) is 1.75. The lowest BCUT2D eigenvalue weighted by atomic mass is 10.3. The minimum Gasteiger partial charge on any atom is -0.494 e. The third-order valence-electron chi connectivity index (χ3n) is 1.49. The molecule has 0 amide bonds. The predicted molar refractivity (Wildman–Crippen MR) is 56.0 cm³/mol. The van der Waals surface area contributed by atoms with Gasteiger partial charge in [0.1, 0.15) is 11.5 Å². The Morgan fingerprint density at radius 1 is 1.00 bits per heavy atom. The summed E-state index contributed by atoms with van der Waals surface area (Å²) in [6.07, 6.45) is 0. The van der Waals surface area contributed by atoms with Gasteiger partial charge < -0.3 is 9.47 Å². The predicted octanol–water partition coefficient (Wildman–Crippen LogP) is 2.77. The summed E-state index contributed by atoms with van der Waals surface area (Å²) in [5.41, 5.74) is 0. The lowest BCUT2D eigenvalue weighted by Gasteiger charge is -2.07. The van der Waals surface area contributed by atoms with Crippen LogP contribution in [0.1, 0.15) is 13.8 Å². The first-order chi connectivity index (χ1) is 6.26. The van der Waals surface area contributed by atoms with Gasteiger partial charge in [-0.1, -0.05) is 0 Å². The lowest BCUT2D eigenvalue weighted by Crippen LogP contribution is -1.94. The van der Waals surface area contributed by atoms with Gasteiger partial charge in [0, 0.05) is 11.0 Å². The molecule has 1 rings (SSSR count). The number of ether oxygens (including phenoxy) is 2. The quantitative estimate of drug-likeness (QED) is 0.750. The Bertz CT molecular complexity index is 249. The molecule has 72 valence electrons. The first-order valence-electron chi connectivity index (χ1n) is 4.36. The second kappa shape index (κ2) is 5.02. The number of rotatable bonds is 4. The Balaban J connectivity index is 2.83. The fourth-order valence-electron chi connectivity index (χ4n) is 1.06. The van der Waals surface area contributed by atoms with Crippen LogP contribution in [0.15, 0.2) is 23.1 Å². The molecule has 0 unspecified atom stereocenters. The summed E-state index contributed by atoms with van der Waals surface area (Å²) in [5.74, 6) is 1.61. The van der Waals surface area contributed by atoms with Gasteiger partial charge in [-0.3, -0.25) is 0 Å². The van der Waals surface area contributed by atoms with Crippen molar-refractivity contribution in [1.29, 1.82) is 0 Å². The molecule has 0 spiro atoms. The standard InChI is InChI=1S/C10H14O2S/c1-3-11-8-5-9(12-4-2)7-10(13)6-8/h5-7,13H,3-4H2,1-2H3. The first kappa shape index (κ1) is 10.3. The number of hydrogen-bond donors (Lipinski definition) is 1. The van der Waals surface area contributed by atoms with Crippen LogP contribution in [0.2, 0.25) is 0 Å². The van der Waals surface area contributed by atoms with E-state index in [-0.39, 0.29) is 0 Å². The molecular weight excluding hydrogens is 184 g/mol. The van der Waals surface area contributed by atoms with Gasteiger partial charge in [-0.05, 0) is 26.0 Å². The SMILES string of the molecule is CCOc1cc(S)cc(OCC)c1. The smallest absolute Gasteiger partial charge is 0.124 e. The van der Waals surface area contributed by atoms with Crippen LogP contribution in [-0.4, -0.2) is 13.2 Å². The molecule has 1 aromatic carbocycles. The van der Waals surface area contributed by atoms with E-state index in [2.05, 4.69) is 12.6 Å². The Morgan fingerprint density at radius 3 is 1.85 bits per heavy atom. The van der Waals surface area contributed by atoms with Crippen molar-refractivity contribution in [2.45, 2.75) is 18.7 Å². The molecule has 0 aliphatic heterocycles. The summed E-state index contributed by atoms with van der Waals surface area (Å²) < 4.78 is 10.7. The van der Waals surface area contributed by atoms with Crippen LogP contribution in [0.5, 0.6) is 11.5 Å². The fraction of sp³-hybridized carbons (Fsp3) is 0.400. The maximum Gasteiger partial charge on any atom is 0.124 e. The highest BCUT2D eigenvalue weighted by Crippen LogP contribution is 2.24. The molecule has 0 saturated heterocycles. The molecule has 0 fully saturated rings. The summed E-state index contributed by atoms with van der Waals surface area (Å²) in [6, 6.07) is 5.61. The van der Waals surface area contributed by atoms with E-state index in [1.54, 1.807) is 0 Å². The molecule has 0 atom stereocenters. The van der Waals surface area contributed by atoms with Crippen molar-refractivity contribution in [3.8, 4) is 11.5 Å². The summed E-state index contributed by atoms with van der Waals surface area (Å²) in [7, 11) is 0. The Kier molecular flexibility index (Phi) is 3.96. The van der Waals surface area contributed by atoms with Crippen LogP contribution >= 0.6 is 12.6 Å². The maximum atomic E-state index is 5.34. The van der Waals surface area contributed by atoms with Crippen molar-refractivity contribution in [1.82, 2.24) is 0 Å². The maximum absolute atomic E-state index is 5.34. The van der Waals surface area contributed by atoms with Gasteiger partial charge in [0.15, 0.2) is 0 Å². The Hall–Kier alpha value is -0.830. The van der Waals surface area contributed by atoms with Gasteiger partial charge in [0.25, 0.3) is 0 Å². The monoisotopic (exact) mass is 198 g/mol. The van der Waals surface area contributed by atoms with Crippen LogP contribution < -0.4 is 9.47 Å². The molecule has 0 N–H and O–H groups in total. The largest absolute Gasteiger partial charge is 0.494 e. The van der Waals surface area contributed by atoms with Crippen LogP contribution in [0, 0.1) is 0 Å². The van der Waals surface area contributed by atoms with Crippen molar-refractivity contribution in [3.05, 3.63) is 18.2 Å².